The minimum Gasteiger partial charge on any atom is -0.278 e. The molecule has 3 heteroatoms. The van der Waals surface area contributed by atoms with Crippen LogP contribution in [0.15, 0.2) is 0 Å². The molecule has 0 saturated carbocycles. The Bertz CT molecular complexity index is 315. The van der Waals surface area contributed by atoms with Gasteiger partial charge >= 0.3 is 5.91 Å². The van der Waals surface area contributed by atoms with Crippen molar-refractivity contribution in [1.82, 2.24) is 4.90 Å². The maximum Gasteiger partial charge on any atom is 0.304 e. The predicted molar refractivity (Wildman–Crippen MR) is 94.4 cm³/mol. The second-order valence-electron chi connectivity index (χ2n) is 5.16. The second kappa shape index (κ2) is 19.7. The van der Waals surface area contributed by atoms with Crippen molar-refractivity contribution in [1.29, 1.82) is 0 Å². The van der Waals surface area contributed by atoms with Crippen LogP contribution in [0.5, 0.6) is 0 Å². The summed E-state index contributed by atoms with van der Waals surface area (Å²) in [4.78, 5) is 23.3. The van der Waals surface area contributed by atoms with Gasteiger partial charge in [-0.3, -0.25) is 14.5 Å². The molecule has 0 aliphatic rings. The van der Waals surface area contributed by atoms with Crippen molar-refractivity contribution < 1.29 is 9.59 Å². The molecule has 22 heavy (non-hydrogen) atoms. The molecule has 0 aromatic rings. The molecule has 2 amide bonds. The highest BCUT2D eigenvalue weighted by Crippen LogP contribution is 2.10. The van der Waals surface area contributed by atoms with Crippen LogP contribution in [0.4, 0.5) is 0 Å². The van der Waals surface area contributed by atoms with Crippen LogP contribution in [0, 0.1) is 11.8 Å². The van der Waals surface area contributed by atoms with Gasteiger partial charge in [-0.2, -0.15) is 0 Å². The minimum atomic E-state index is -0.390. The van der Waals surface area contributed by atoms with E-state index in [-0.39, 0.29) is 0 Å². The fourth-order valence-electron chi connectivity index (χ4n) is 2.15. The van der Waals surface area contributed by atoms with Crippen molar-refractivity contribution in [2.75, 3.05) is 6.54 Å². The van der Waals surface area contributed by atoms with E-state index < -0.39 is 5.91 Å². The molecule has 0 unspecified atom stereocenters. The van der Waals surface area contributed by atoms with E-state index in [4.69, 9.17) is 0 Å². The number of imide groups is 1. The highest BCUT2D eigenvalue weighted by Gasteiger charge is 2.08. The monoisotopic (exact) mass is 309 g/mol. The zero-order valence-corrected chi connectivity index (χ0v) is 15.1. The molecular weight excluding hydrogens is 274 g/mol. The molecule has 0 aromatic heterocycles. The fourth-order valence-corrected chi connectivity index (χ4v) is 2.15. The Morgan fingerprint density at radius 1 is 0.909 bits per heavy atom. The molecule has 0 radical (unpaired) electrons. The van der Waals surface area contributed by atoms with Crippen LogP contribution >= 0.6 is 0 Å². The lowest BCUT2D eigenvalue weighted by Crippen LogP contribution is -2.29. The molecule has 0 aliphatic carbocycles. The van der Waals surface area contributed by atoms with Gasteiger partial charge in [-0.1, -0.05) is 84.5 Å². The van der Waals surface area contributed by atoms with E-state index in [1.165, 1.54) is 56.3 Å². The summed E-state index contributed by atoms with van der Waals surface area (Å²) in [6.07, 6.45) is 13.0. The third-order valence-corrected chi connectivity index (χ3v) is 3.37. The van der Waals surface area contributed by atoms with E-state index in [1.807, 2.05) is 13.8 Å². The van der Waals surface area contributed by atoms with Crippen LogP contribution in [0.3, 0.4) is 0 Å². The van der Waals surface area contributed by atoms with Gasteiger partial charge in [0.05, 0.1) is 0 Å². The molecule has 0 heterocycles. The van der Waals surface area contributed by atoms with E-state index >= 15 is 0 Å². The molecule has 0 atom stereocenters. The summed E-state index contributed by atoms with van der Waals surface area (Å²) in [5, 5.41) is 0. The molecule has 0 aromatic carbocycles. The highest BCUT2D eigenvalue weighted by atomic mass is 16.2. The zero-order valence-electron chi connectivity index (χ0n) is 15.1. The summed E-state index contributed by atoms with van der Waals surface area (Å²) in [6, 6.07) is 0. The average Bonchev–Trinajstić information content (AvgIpc) is 2.55. The quantitative estimate of drug-likeness (QED) is 0.291. The smallest absolute Gasteiger partial charge is 0.278 e. The maximum atomic E-state index is 11.4. The van der Waals surface area contributed by atoms with Gasteiger partial charge in [0.2, 0.25) is 6.41 Å². The second-order valence-corrected chi connectivity index (χ2v) is 5.16. The Hall–Kier alpha value is -1.30. The average molecular weight is 309 g/mol. The SMILES string of the molecule is CC.CC#CC(=O)N(C=O)CCCCCCCCCCCC. The van der Waals surface area contributed by atoms with Crippen LogP contribution in [-0.2, 0) is 9.59 Å². The lowest BCUT2D eigenvalue weighted by atomic mass is 10.1. The fraction of sp³-hybridized carbons (Fsp3) is 0.789. The third-order valence-electron chi connectivity index (χ3n) is 3.37. The van der Waals surface area contributed by atoms with Crippen molar-refractivity contribution in [2.45, 2.75) is 91.9 Å². The van der Waals surface area contributed by atoms with Crippen molar-refractivity contribution in [3.8, 4) is 11.8 Å². The topological polar surface area (TPSA) is 37.4 Å². The van der Waals surface area contributed by atoms with Crippen molar-refractivity contribution >= 4 is 12.3 Å². The molecule has 0 spiro atoms. The predicted octanol–water partition coefficient (Wildman–Crippen LogP) is 4.94. The van der Waals surface area contributed by atoms with Crippen LogP contribution < -0.4 is 0 Å². The zero-order chi connectivity index (χ0) is 17.1. The number of unbranched alkanes of at least 4 members (excludes halogenated alkanes) is 9. The molecule has 3 nitrogen and oxygen atoms in total. The Morgan fingerprint density at radius 3 is 1.77 bits per heavy atom. The molecule has 0 rings (SSSR count). The number of rotatable bonds is 12. The van der Waals surface area contributed by atoms with E-state index in [1.54, 1.807) is 6.92 Å². The number of hydrogen-bond acceptors (Lipinski definition) is 2. The molecule has 0 bridgehead atoms. The number of amides is 2. The lowest BCUT2D eigenvalue weighted by molar-refractivity contribution is -0.133. The van der Waals surface area contributed by atoms with Gasteiger partial charge in [-0.25, -0.2) is 0 Å². The Morgan fingerprint density at radius 2 is 1.36 bits per heavy atom. The first-order chi connectivity index (χ1) is 10.8. The van der Waals surface area contributed by atoms with Gasteiger partial charge in [0.1, 0.15) is 0 Å². The van der Waals surface area contributed by atoms with E-state index in [0.717, 1.165) is 12.8 Å². The lowest BCUT2D eigenvalue weighted by Gasteiger charge is -2.11. The van der Waals surface area contributed by atoms with Crippen LogP contribution in [-0.4, -0.2) is 23.8 Å². The van der Waals surface area contributed by atoms with E-state index in [0.29, 0.717) is 13.0 Å². The molecule has 0 fully saturated rings. The molecule has 128 valence electrons. The van der Waals surface area contributed by atoms with Crippen LogP contribution in [0.1, 0.15) is 91.9 Å². The Labute approximate surface area is 137 Å². The number of nitrogens with zero attached hydrogens (tertiary/aromatic N) is 1. The first kappa shape index (κ1) is 23.0. The van der Waals surface area contributed by atoms with Crippen LogP contribution in [0.25, 0.3) is 0 Å². The van der Waals surface area contributed by atoms with Gasteiger partial charge in [0.25, 0.3) is 0 Å². The minimum absolute atomic E-state index is 0.390. The van der Waals surface area contributed by atoms with Gasteiger partial charge in [0, 0.05) is 6.54 Å². The van der Waals surface area contributed by atoms with Crippen molar-refractivity contribution in [2.24, 2.45) is 0 Å². The molecular formula is C19H35NO2. The van der Waals surface area contributed by atoms with Gasteiger partial charge in [-0.15, -0.1) is 0 Å². The van der Waals surface area contributed by atoms with Gasteiger partial charge in [-0.05, 0) is 19.3 Å². The summed E-state index contributed by atoms with van der Waals surface area (Å²) in [5.41, 5.74) is 0. The summed E-state index contributed by atoms with van der Waals surface area (Å²) in [6.45, 7) is 8.33. The van der Waals surface area contributed by atoms with Gasteiger partial charge < -0.3 is 0 Å². The molecule has 0 aliphatic heterocycles. The summed E-state index contributed by atoms with van der Waals surface area (Å²) in [7, 11) is 0. The Balaban J connectivity index is 0. The number of carbonyl (C=O) groups is 2. The number of carbonyl (C=O) groups excluding carboxylic acids is 2. The first-order valence-corrected chi connectivity index (χ1v) is 8.94. The summed E-state index contributed by atoms with van der Waals surface area (Å²) in [5.74, 6) is 4.52. The third kappa shape index (κ3) is 15.1. The van der Waals surface area contributed by atoms with Crippen molar-refractivity contribution in [3.05, 3.63) is 0 Å². The molecule has 0 saturated heterocycles. The highest BCUT2D eigenvalue weighted by molar-refractivity contribution is 5.99. The maximum absolute atomic E-state index is 11.4. The number of hydrogen-bond donors (Lipinski definition) is 0. The van der Waals surface area contributed by atoms with Gasteiger partial charge in [0.15, 0.2) is 0 Å². The summed E-state index contributed by atoms with van der Waals surface area (Å²) < 4.78 is 0. The van der Waals surface area contributed by atoms with Crippen molar-refractivity contribution in [3.63, 3.8) is 0 Å². The normalized spacial score (nSPS) is 9.09. The molecule has 0 N–H and O–H groups in total. The largest absolute Gasteiger partial charge is 0.304 e. The summed E-state index contributed by atoms with van der Waals surface area (Å²) >= 11 is 0. The van der Waals surface area contributed by atoms with E-state index in [2.05, 4.69) is 18.8 Å². The standard InChI is InChI=1S/C17H29NO2.C2H6/c1-3-5-6-7-8-9-10-11-12-13-15-18(16-19)17(20)14-4-2;1-2/h16H,3,5-13,15H2,1-2H3;1-2H3. The first-order valence-electron chi connectivity index (χ1n) is 8.94. The van der Waals surface area contributed by atoms with E-state index in [9.17, 15) is 9.59 Å². The Kier molecular flexibility index (Phi) is 20.6. The van der Waals surface area contributed by atoms with Crippen LogP contribution in [0.2, 0.25) is 0 Å².